The highest BCUT2D eigenvalue weighted by atomic mass is 19.4. The molecule has 124 valence electrons. The fraction of sp³-hybridized carbons (Fsp3) is 0.211. The van der Waals surface area contributed by atoms with Crippen LogP contribution in [0.3, 0.4) is 0 Å². The summed E-state index contributed by atoms with van der Waals surface area (Å²) in [6.45, 7) is 3.89. The van der Waals surface area contributed by atoms with E-state index in [1.165, 1.54) is 12.1 Å². The lowest BCUT2D eigenvalue weighted by Gasteiger charge is -2.16. The third kappa shape index (κ3) is 3.20. The SMILES string of the molecule is CCc1cc2cccc(C)c2nc1-c1ccccc1OC(F)(F)F. The van der Waals surface area contributed by atoms with Gasteiger partial charge < -0.3 is 4.74 Å². The number of nitrogens with zero attached hydrogens (tertiary/aromatic N) is 1. The third-order valence-electron chi connectivity index (χ3n) is 3.88. The number of halogens is 3. The Balaban J connectivity index is 2.24. The Hall–Kier alpha value is -2.56. The summed E-state index contributed by atoms with van der Waals surface area (Å²) >= 11 is 0. The Bertz CT molecular complexity index is 887. The predicted molar refractivity (Wildman–Crippen MR) is 88.0 cm³/mol. The smallest absolute Gasteiger partial charge is 0.405 e. The summed E-state index contributed by atoms with van der Waals surface area (Å²) in [5.41, 5.74) is 3.51. The molecular formula is C19H16F3NO. The van der Waals surface area contributed by atoms with Crippen LogP contribution in [0.25, 0.3) is 22.2 Å². The van der Waals surface area contributed by atoms with Crippen LogP contribution in [0.5, 0.6) is 5.75 Å². The molecule has 0 fully saturated rings. The molecule has 0 aliphatic heterocycles. The highest BCUT2D eigenvalue weighted by molar-refractivity contribution is 5.86. The van der Waals surface area contributed by atoms with Crippen molar-refractivity contribution >= 4 is 10.9 Å². The fourth-order valence-electron chi connectivity index (χ4n) is 2.77. The average Bonchev–Trinajstić information content (AvgIpc) is 2.53. The van der Waals surface area contributed by atoms with Crippen molar-refractivity contribution in [2.45, 2.75) is 26.6 Å². The molecule has 0 N–H and O–H groups in total. The Morgan fingerprint density at radius 2 is 1.79 bits per heavy atom. The lowest BCUT2D eigenvalue weighted by atomic mass is 9.99. The van der Waals surface area contributed by atoms with Gasteiger partial charge in [0.1, 0.15) is 5.75 Å². The summed E-state index contributed by atoms with van der Waals surface area (Å²) in [6.07, 6.45) is -4.08. The first kappa shape index (κ1) is 16.3. The average molecular weight is 331 g/mol. The zero-order valence-electron chi connectivity index (χ0n) is 13.3. The Morgan fingerprint density at radius 1 is 1.04 bits per heavy atom. The molecule has 0 spiro atoms. The number of pyridine rings is 1. The summed E-state index contributed by atoms with van der Waals surface area (Å²) in [5.74, 6) is -0.236. The van der Waals surface area contributed by atoms with Crippen LogP contribution < -0.4 is 4.74 Å². The van der Waals surface area contributed by atoms with E-state index in [1.54, 1.807) is 12.1 Å². The van der Waals surface area contributed by atoms with Gasteiger partial charge in [-0.2, -0.15) is 0 Å². The Kier molecular flexibility index (Phi) is 4.18. The Morgan fingerprint density at radius 3 is 2.50 bits per heavy atom. The lowest BCUT2D eigenvalue weighted by Crippen LogP contribution is -2.17. The van der Waals surface area contributed by atoms with Crippen molar-refractivity contribution < 1.29 is 17.9 Å². The summed E-state index contributed by atoms with van der Waals surface area (Å²) in [6, 6.07) is 13.9. The van der Waals surface area contributed by atoms with Crippen LogP contribution in [0.1, 0.15) is 18.1 Å². The van der Waals surface area contributed by atoms with Crippen molar-refractivity contribution in [2.24, 2.45) is 0 Å². The molecule has 3 aromatic rings. The van der Waals surface area contributed by atoms with Gasteiger partial charge in [-0.05, 0) is 42.7 Å². The van der Waals surface area contributed by atoms with Gasteiger partial charge in [0.25, 0.3) is 0 Å². The van der Waals surface area contributed by atoms with Crippen molar-refractivity contribution in [1.29, 1.82) is 0 Å². The molecule has 1 aromatic heterocycles. The number of aryl methyl sites for hydroxylation is 2. The monoisotopic (exact) mass is 331 g/mol. The van der Waals surface area contributed by atoms with E-state index in [2.05, 4.69) is 9.72 Å². The summed E-state index contributed by atoms with van der Waals surface area (Å²) in [7, 11) is 0. The first-order valence-electron chi connectivity index (χ1n) is 7.63. The number of hydrogen-bond donors (Lipinski definition) is 0. The van der Waals surface area contributed by atoms with Crippen LogP contribution in [0, 0.1) is 6.92 Å². The van der Waals surface area contributed by atoms with Gasteiger partial charge in [-0.25, -0.2) is 4.98 Å². The van der Waals surface area contributed by atoms with E-state index in [0.717, 1.165) is 22.0 Å². The zero-order valence-corrected chi connectivity index (χ0v) is 13.3. The van der Waals surface area contributed by atoms with E-state index >= 15 is 0 Å². The maximum Gasteiger partial charge on any atom is 0.573 e. The number of para-hydroxylation sites is 2. The maximum absolute atomic E-state index is 12.7. The lowest BCUT2D eigenvalue weighted by molar-refractivity contribution is -0.274. The number of benzene rings is 2. The van der Waals surface area contributed by atoms with E-state index in [1.807, 2.05) is 38.1 Å². The first-order valence-corrected chi connectivity index (χ1v) is 7.63. The number of fused-ring (bicyclic) bond motifs is 1. The van der Waals surface area contributed by atoms with E-state index in [0.29, 0.717) is 17.7 Å². The predicted octanol–water partition coefficient (Wildman–Crippen LogP) is 5.67. The second-order valence-electron chi connectivity index (χ2n) is 5.54. The highest BCUT2D eigenvalue weighted by Gasteiger charge is 2.32. The molecule has 2 aromatic carbocycles. The van der Waals surface area contributed by atoms with Crippen LogP contribution in [-0.4, -0.2) is 11.3 Å². The van der Waals surface area contributed by atoms with E-state index in [9.17, 15) is 13.2 Å². The van der Waals surface area contributed by atoms with Gasteiger partial charge in [0.15, 0.2) is 0 Å². The molecule has 0 amide bonds. The highest BCUT2D eigenvalue weighted by Crippen LogP contribution is 2.36. The van der Waals surface area contributed by atoms with Crippen molar-refractivity contribution in [1.82, 2.24) is 4.98 Å². The standard InChI is InChI=1S/C19H16F3NO/c1-3-13-11-14-8-6-7-12(2)17(14)23-18(13)15-9-4-5-10-16(15)24-19(20,21)22/h4-11H,3H2,1-2H3. The van der Waals surface area contributed by atoms with E-state index < -0.39 is 6.36 Å². The quantitative estimate of drug-likeness (QED) is 0.617. The molecule has 1 heterocycles. The van der Waals surface area contributed by atoms with Crippen molar-refractivity contribution in [3.63, 3.8) is 0 Å². The molecular weight excluding hydrogens is 315 g/mol. The maximum atomic E-state index is 12.7. The zero-order chi connectivity index (χ0) is 17.3. The third-order valence-corrected chi connectivity index (χ3v) is 3.88. The van der Waals surface area contributed by atoms with Gasteiger partial charge in [-0.15, -0.1) is 13.2 Å². The molecule has 2 nitrogen and oxygen atoms in total. The van der Waals surface area contributed by atoms with Crippen molar-refractivity contribution in [3.05, 3.63) is 59.7 Å². The minimum Gasteiger partial charge on any atom is -0.405 e. The van der Waals surface area contributed by atoms with Crippen molar-refractivity contribution in [2.75, 3.05) is 0 Å². The minimum atomic E-state index is -4.74. The number of hydrogen-bond acceptors (Lipinski definition) is 2. The Labute approximate surface area is 137 Å². The first-order chi connectivity index (χ1) is 11.4. The van der Waals surface area contributed by atoms with Crippen LogP contribution in [0.4, 0.5) is 13.2 Å². The second-order valence-corrected chi connectivity index (χ2v) is 5.54. The minimum absolute atomic E-state index is 0.236. The second kappa shape index (κ2) is 6.15. The van der Waals surface area contributed by atoms with Gasteiger partial charge in [-0.1, -0.05) is 37.3 Å². The number of ether oxygens (including phenoxy) is 1. The summed E-state index contributed by atoms with van der Waals surface area (Å²) < 4.78 is 42.3. The molecule has 0 bridgehead atoms. The number of rotatable bonds is 3. The molecule has 0 saturated carbocycles. The van der Waals surface area contributed by atoms with E-state index in [-0.39, 0.29) is 5.75 Å². The van der Waals surface area contributed by atoms with Crippen LogP contribution in [0.15, 0.2) is 48.5 Å². The van der Waals surface area contributed by atoms with Gasteiger partial charge >= 0.3 is 6.36 Å². The molecule has 0 saturated heterocycles. The normalized spacial score (nSPS) is 11.7. The van der Waals surface area contributed by atoms with Crippen LogP contribution in [-0.2, 0) is 6.42 Å². The number of alkyl halides is 3. The summed E-state index contributed by atoms with van der Waals surface area (Å²) in [5, 5.41) is 0.977. The molecule has 0 aliphatic carbocycles. The van der Waals surface area contributed by atoms with Crippen molar-refractivity contribution in [3.8, 4) is 17.0 Å². The molecule has 3 rings (SSSR count). The van der Waals surface area contributed by atoms with Crippen LogP contribution >= 0.6 is 0 Å². The molecule has 0 radical (unpaired) electrons. The largest absolute Gasteiger partial charge is 0.573 e. The topological polar surface area (TPSA) is 22.1 Å². The van der Waals surface area contributed by atoms with Gasteiger partial charge in [0.2, 0.25) is 0 Å². The van der Waals surface area contributed by atoms with Gasteiger partial charge in [0.05, 0.1) is 11.2 Å². The fourth-order valence-corrected chi connectivity index (χ4v) is 2.77. The molecule has 24 heavy (non-hydrogen) atoms. The van der Waals surface area contributed by atoms with E-state index in [4.69, 9.17) is 0 Å². The molecule has 0 unspecified atom stereocenters. The van der Waals surface area contributed by atoms with Gasteiger partial charge in [-0.3, -0.25) is 0 Å². The van der Waals surface area contributed by atoms with Crippen LogP contribution in [0.2, 0.25) is 0 Å². The summed E-state index contributed by atoms with van der Waals surface area (Å²) in [4.78, 5) is 4.66. The molecule has 0 atom stereocenters. The van der Waals surface area contributed by atoms with Gasteiger partial charge in [0, 0.05) is 10.9 Å². The number of aromatic nitrogens is 1. The molecule has 0 aliphatic rings. The molecule has 5 heteroatoms.